The second-order valence-corrected chi connectivity index (χ2v) is 8.49. The van der Waals surface area contributed by atoms with Crippen molar-refractivity contribution in [2.75, 3.05) is 5.32 Å². The van der Waals surface area contributed by atoms with Gasteiger partial charge in [-0.2, -0.15) is 0 Å². The first-order chi connectivity index (χ1) is 16.5. The van der Waals surface area contributed by atoms with Crippen molar-refractivity contribution in [3.8, 4) is 11.8 Å². The van der Waals surface area contributed by atoms with Crippen LogP contribution in [0.15, 0.2) is 67.3 Å². The number of hydrogen-bond acceptors (Lipinski definition) is 6. The summed E-state index contributed by atoms with van der Waals surface area (Å²) in [5.41, 5.74) is 4.45. The van der Waals surface area contributed by atoms with Crippen LogP contribution < -0.4 is 10.1 Å². The third-order valence-electron chi connectivity index (χ3n) is 5.68. The van der Waals surface area contributed by atoms with Gasteiger partial charge in [0.05, 0.1) is 28.4 Å². The van der Waals surface area contributed by atoms with Gasteiger partial charge in [-0.15, -0.1) is 0 Å². The zero-order chi connectivity index (χ0) is 23.5. The summed E-state index contributed by atoms with van der Waals surface area (Å²) in [5.74, 6) is 2.57. The van der Waals surface area contributed by atoms with E-state index in [1.54, 1.807) is 0 Å². The third kappa shape index (κ3) is 4.87. The van der Waals surface area contributed by atoms with E-state index in [1.165, 1.54) is 18.0 Å². The molecule has 0 aliphatic carbocycles. The maximum atomic E-state index is 5.81. The fraction of sp³-hybridized carbons (Fsp3) is 0.200. The third-order valence-corrected chi connectivity index (χ3v) is 5.88. The molecule has 0 aliphatic heterocycles. The van der Waals surface area contributed by atoms with E-state index in [0.717, 1.165) is 41.2 Å². The van der Waals surface area contributed by atoms with E-state index in [2.05, 4.69) is 47.6 Å². The number of nitrogens with zero attached hydrogens (tertiary/aromatic N) is 6. The Hall–Kier alpha value is -3.91. The van der Waals surface area contributed by atoms with Crippen LogP contribution in [0.25, 0.3) is 11.0 Å². The summed E-state index contributed by atoms with van der Waals surface area (Å²) in [5, 5.41) is 3.90. The predicted octanol–water partition coefficient (Wildman–Crippen LogP) is 4.94. The SMILES string of the molecule is Cn1ccnc1CCc1ccc2nc(NCc3ccc(Oc4ncc(Cl)cn4)cc3)n(C)c2c1. The Morgan fingerprint density at radius 2 is 1.71 bits per heavy atom. The Morgan fingerprint density at radius 3 is 2.44 bits per heavy atom. The van der Waals surface area contributed by atoms with Crippen molar-refractivity contribution >= 4 is 28.6 Å². The van der Waals surface area contributed by atoms with Crippen LogP contribution in [0, 0.1) is 0 Å². The van der Waals surface area contributed by atoms with E-state index in [-0.39, 0.29) is 6.01 Å². The lowest BCUT2D eigenvalue weighted by atomic mass is 10.1. The standard InChI is InChI=1S/C25H24ClN7O/c1-32-12-11-27-23(32)10-6-17-5-9-21-22(13-17)33(2)24(31-21)28-14-18-3-7-20(8-4-18)34-25-29-15-19(26)16-30-25/h3-5,7-9,11-13,15-16H,6,10,14H2,1-2H3,(H,28,31). The summed E-state index contributed by atoms with van der Waals surface area (Å²) in [4.78, 5) is 17.3. The Balaban J connectivity index is 1.22. The Morgan fingerprint density at radius 1 is 0.941 bits per heavy atom. The minimum atomic E-state index is 0.259. The molecular formula is C25H24ClN7O. The molecule has 0 saturated carbocycles. The molecule has 0 atom stereocenters. The lowest BCUT2D eigenvalue weighted by molar-refractivity contribution is 0.441. The molecule has 0 amide bonds. The highest BCUT2D eigenvalue weighted by Gasteiger charge is 2.09. The highest BCUT2D eigenvalue weighted by molar-refractivity contribution is 6.30. The number of hydrogen-bond donors (Lipinski definition) is 1. The molecule has 3 aromatic heterocycles. The zero-order valence-electron chi connectivity index (χ0n) is 18.9. The summed E-state index contributed by atoms with van der Waals surface area (Å²) in [6.45, 7) is 0.640. The molecule has 9 heteroatoms. The summed E-state index contributed by atoms with van der Waals surface area (Å²) < 4.78 is 9.80. The van der Waals surface area contributed by atoms with Crippen LogP contribution >= 0.6 is 11.6 Å². The van der Waals surface area contributed by atoms with Crippen molar-refractivity contribution in [3.05, 3.63) is 89.2 Å². The average molecular weight is 474 g/mol. The van der Waals surface area contributed by atoms with E-state index >= 15 is 0 Å². The molecule has 2 aromatic carbocycles. The molecule has 5 aromatic rings. The van der Waals surface area contributed by atoms with Crippen molar-refractivity contribution < 1.29 is 4.74 Å². The molecule has 8 nitrogen and oxygen atoms in total. The average Bonchev–Trinajstić information content (AvgIpc) is 3.41. The van der Waals surface area contributed by atoms with Crippen LogP contribution in [0.2, 0.25) is 5.02 Å². The van der Waals surface area contributed by atoms with E-state index in [4.69, 9.17) is 21.3 Å². The normalized spacial score (nSPS) is 11.1. The monoisotopic (exact) mass is 473 g/mol. The smallest absolute Gasteiger partial charge is 0.321 e. The van der Waals surface area contributed by atoms with Gasteiger partial charge in [0.15, 0.2) is 0 Å². The van der Waals surface area contributed by atoms with Crippen molar-refractivity contribution in [2.24, 2.45) is 14.1 Å². The van der Waals surface area contributed by atoms with Crippen molar-refractivity contribution in [3.63, 3.8) is 0 Å². The van der Waals surface area contributed by atoms with Crippen LogP contribution in [0.3, 0.4) is 0 Å². The number of ether oxygens (including phenoxy) is 1. The van der Waals surface area contributed by atoms with Crippen molar-refractivity contribution in [1.82, 2.24) is 29.1 Å². The maximum Gasteiger partial charge on any atom is 0.321 e. The van der Waals surface area contributed by atoms with Gasteiger partial charge in [0.2, 0.25) is 5.95 Å². The molecule has 34 heavy (non-hydrogen) atoms. The number of nitrogens with one attached hydrogen (secondary N) is 1. The lowest BCUT2D eigenvalue weighted by Crippen LogP contribution is -2.05. The molecule has 0 radical (unpaired) electrons. The molecule has 0 aliphatic rings. The Bertz CT molecular complexity index is 1410. The minimum absolute atomic E-state index is 0.259. The lowest BCUT2D eigenvalue weighted by Gasteiger charge is -2.08. The quantitative estimate of drug-likeness (QED) is 0.343. The maximum absolute atomic E-state index is 5.81. The molecule has 1 N–H and O–H groups in total. The number of rotatable bonds is 8. The topological polar surface area (TPSA) is 82.7 Å². The summed E-state index contributed by atoms with van der Waals surface area (Å²) in [6.07, 6.45) is 8.66. The molecule has 0 fully saturated rings. The number of imidazole rings is 2. The van der Waals surface area contributed by atoms with E-state index in [0.29, 0.717) is 17.3 Å². The fourth-order valence-electron chi connectivity index (χ4n) is 3.76. The largest absolute Gasteiger partial charge is 0.424 e. The van der Waals surface area contributed by atoms with Gasteiger partial charge in [-0.25, -0.2) is 19.9 Å². The van der Waals surface area contributed by atoms with Gasteiger partial charge >= 0.3 is 6.01 Å². The first-order valence-corrected chi connectivity index (χ1v) is 11.3. The van der Waals surface area contributed by atoms with Gasteiger partial charge in [0.1, 0.15) is 11.6 Å². The second kappa shape index (κ2) is 9.52. The van der Waals surface area contributed by atoms with Crippen LogP contribution in [-0.2, 0) is 33.5 Å². The Labute approximate surface area is 202 Å². The van der Waals surface area contributed by atoms with Gasteiger partial charge in [-0.3, -0.25) is 0 Å². The number of anilines is 1. The number of benzene rings is 2. The molecule has 3 heterocycles. The van der Waals surface area contributed by atoms with E-state index in [9.17, 15) is 0 Å². The number of halogens is 1. The molecular weight excluding hydrogens is 450 g/mol. The Kier molecular flexibility index (Phi) is 6.14. The number of aromatic nitrogens is 6. The summed E-state index contributed by atoms with van der Waals surface area (Å²) in [6, 6.07) is 14.5. The number of fused-ring (bicyclic) bond motifs is 1. The first kappa shape index (κ1) is 21.9. The highest BCUT2D eigenvalue weighted by Crippen LogP contribution is 2.22. The van der Waals surface area contributed by atoms with Gasteiger partial charge in [0.25, 0.3) is 0 Å². The second-order valence-electron chi connectivity index (χ2n) is 8.06. The fourth-order valence-corrected chi connectivity index (χ4v) is 3.86. The molecule has 0 spiro atoms. The first-order valence-electron chi connectivity index (χ1n) is 10.9. The molecule has 5 rings (SSSR count). The molecule has 0 saturated heterocycles. The van der Waals surface area contributed by atoms with E-state index in [1.807, 2.05) is 50.8 Å². The predicted molar refractivity (Wildman–Crippen MR) is 132 cm³/mol. The summed E-state index contributed by atoms with van der Waals surface area (Å²) >= 11 is 5.81. The van der Waals surface area contributed by atoms with Crippen molar-refractivity contribution in [1.29, 1.82) is 0 Å². The van der Waals surface area contributed by atoms with Crippen LogP contribution in [-0.4, -0.2) is 29.1 Å². The van der Waals surface area contributed by atoms with Gasteiger partial charge in [-0.1, -0.05) is 29.8 Å². The van der Waals surface area contributed by atoms with Crippen LogP contribution in [0.1, 0.15) is 17.0 Å². The van der Waals surface area contributed by atoms with Crippen molar-refractivity contribution in [2.45, 2.75) is 19.4 Å². The van der Waals surface area contributed by atoms with E-state index < -0.39 is 0 Å². The number of aryl methyl sites for hydroxylation is 4. The summed E-state index contributed by atoms with van der Waals surface area (Å²) in [7, 11) is 4.06. The highest BCUT2D eigenvalue weighted by atomic mass is 35.5. The molecule has 172 valence electrons. The zero-order valence-corrected chi connectivity index (χ0v) is 19.7. The minimum Gasteiger partial charge on any atom is -0.424 e. The molecule has 0 bridgehead atoms. The van der Waals surface area contributed by atoms with Gasteiger partial charge in [0, 0.05) is 39.5 Å². The van der Waals surface area contributed by atoms with Crippen LogP contribution in [0.5, 0.6) is 11.8 Å². The van der Waals surface area contributed by atoms with Crippen LogP contribution in [0.4, 0.5) is 5.95 Å². The van der Waals surface area contributed by atoms with Gasteiger partial charge < -0.3 is 19.2 Å². The molecule has 0 unspecified atom stereocenters. The van der Waals surface area contributed by atoms with Gasteiger partial charge in [-0.05, 0) is 41.8 Å².